The van der Waals surface area contributed by atoms with Crippen LogP contribution in [-0.2, 0) is 13.2 Å². The van der Waals surface area contributed by atoms with Crippen molar-refractivity contribution in [3.63, 3.8) is 0 Å². The third-order valence-corrected chi connectivity index (χ3v) is 3.06. The van der Waals surface area contributed by atoms with Crippen LogP contribution in [0.5, 0.6) is 5.75 Å². The highest BCUT2D eigenvalue weighted by molar-refractivity contribution is 6.32. The maximum Gasteiger partial charge on any atom is 0.138 e. The largest absolute Gasteiger partial charge is 0.487 e. The van der Waals surface area contributed by atoms with Crippen LogP contribution < -0.4 is 10.1 Å². The highest BCUT2D eigenvalue weighted by Gasteiger charge is 2.07. The Labute approximate surface area is 121 Å². The molecule has 0 bridgehead atoms. The molecule has 1 N–H and O–H groups in total. The summed E-state index contributed by atoms with van der Waals surface area (Å²) >= 11 is 6.08. The molecule has 20 heavy (non-hydrogen) atoms. The molecule has 0 aliphatic carbocycles. The van der Waals surface area contributed by atoms with Gasteiger partial charge in [-0.2, -0.15) is 0 Å². The van der Waals surface area contributed by atoms with Crippen LogP contribution in [0, 0.1) is 11.6 Å². The van der Waals surface area contributed by atoms with Gasteiger partial charge in [0.05, 0.1) is 5.02 Å². The number of ether oxygens (including phenoxy) is 1. The van der Waals surface area contributed by atoms with Gasteiger partial charge in [-0.05, 0) is 42.9 Å². The molecule has 0 radical (unpaired) electrons. The lowest BCUT2D eigenvalue weighted by molar-refractivity contribution is 0.299. The molecule has 2 rings (SSSR count). The molecule has 0 aromatic heterocycles. The maximum absolute atomic E-state index is 13.4. The lowest BCUT2D eigenvalue weighted by Gasteiger charge is -2.10. The number of hydrogen-bond acceptors (Lipinski definition) is 2. The van der Waals surface area contributed by atoms with E-state index in [1.54, 1.807) is 12.1 Å². The molecule has 0 saturated heterocycles. The van der Waals surface area contributed by atoms with Gasteiger partial charge in [0.2, 0.25) is 0 Å². The highest BCUT2D eigenvalue weighted by atomic mass is 35.5. The molecule has 0 heterocycles. The lowest BCUT2D eigenvalue weighted by atomic mass is 10.2. The molecule has 2 aromatic carbocycles. The SMILES string of the molecule is CNCc1ccc(OCc2cc(F)ccc2F)c(Cl)c1. The molecule has 0 fully saturated rings. The molecule has 2 nitrogen and oxygen atoms in total. The summed E-state index contributed by atoms with van der Waals surface area (Å²) < 4.78 is 31.9. The van der Waals surface area contributed by atoms with Gasteiger partial charge < -0.3 is 10.1 Å². The van der Waals surface area contributed by atoms with Crippen molar-refractivity contribution in [3.05, 3.63) is 64.2 Å². The fourth-order valence-corrected chi connectivity index (χ4v) is 2.04. The summed E-state index contributed by atoms with van der Waals surface area (Å²) in [5.41, 5.74) is 1.17. The van der Waals surface area contributed by atoms with Gasteiger partial charge in [0.1, 0.15) is 24.0 Å². The van der Waals surface area contributed by atoms with Crippen LogP contribution in [-0.4, -0.2) is 7.05 Å². The zero-order valence-corrected chi connectivity index (χ0v) is 11.7. The lowest BCUT2D eigenvalue weighted by Crippen LogP contribution is -2.05. The van der Waals surface area contributed by atoms with E-state index in [0.29, 0.717) is 17.3 Å². The van der Waals surface area contributed by atoms with Gasteiger partial charge in [-0.15, -0.1) is 0 Å². The van der Waals surface area contributed by atoms with Gasteiger partial charge in [-0.3, -0.25) is 0 Å². The van der Waals surface area contributed by atoms with E-state index in [-0.39, 0.29) is 12.2 Å². The van der Waals surface area contributed by atoms with Crippen molar-refractivity contribution in [1.82, 2.24) is 5.32 Å². The highest BCUT2D eigenvalue weighted by Crippen LogP contribution is 2.26. The van der Waals surface area contributed by atoms with Crippen molar-refractivity contribution >= 4 is 11.6 Å². The number of hydrogen-bond donors (Lipinski definition) is 1. The summed E-state index contributed by atoms with van der Waals surface area (Å²) in [6.45, 7) is 0.618. The molecule has 0 amide bonds. The first kappa shape index (κ1) is 14.8. The van der Waals surface area contributed by atoms with Gasteiger partial charge >= 0.3 is 0 Å². The topological polar surface area (TPSA) is 21.3 Å². The van der Waals surface area contributed by atoms with Gasteiger partial charge in [-0.25, -0.2) is 8.78 Å². The van der Waals surface area contributed by atoms with Crippen LogP contribution >= 0.6 is 11.6 Å². The smallest absolute Gasteiger partial charge is 0.138 e. The van der Waals surface area contributed by atoms with Crippen molar-refractivity contribution in [2.75, 3.05) is 7.05 Å². The molecule has 106 valence electrons. The maximum atomic E-state index is 13.4. The first-order valence-corrected chi connectivity index (χ1v) is 6.47. The zero-order chi connectivity index (χ0) is 14.5. The summed E-state index contributed by atoms with van der Waals surface area (Å²) in [6.07, 6.45) is 0. The Morgan fingerprint density at radius 1 is 1.15 bits per heavy atom. The Kier molecular flexibility index (Phi) is 4.93. The normalized spacial score (nSPS) is 10.6. The van der Waals surface area contributed by atoms with E-state index in [1.807, 2.05) is 13.1 Å². The molecule has 0 aliphatic rings. The predicted molar refractivity (Wildman–Crippen MR) is 74.9 cm³/mol. The van der Waals surface area contributed by atoms with E-state index in [1.165, 1.54) is 0 Å². The van der Waals surface area contributed by atoms with E-state index >= 15 is 0 Å². The molecule has 0 saturated carbocycles. The van der Waals surface area contributed by atoms with Crippen molar-refractivity contribution in [2.45, 2.75) is 13.2 Å². The van der Waals surface area contributed by atoms with E-state index < -0.39 is 11.6 Å². The van der Waals surface area contributed by atoms with Crippen molar-refractivity contribution in [3.8, 4) is 5.75 Å². The average Bonchev–Trinajstić information content (AvgIpc) is 2.42. The minimum absolute atomic E-state index is 0.0747. The summed E-state index contributed by atoms with van der Waals surface area (Å²) in [5, 5.41) is 3.45. The van der Waals surface area contributed by atoms with Crippen LogP contribution in [0.15, 0.2) is 36.4 Å². The number of rotatable bonds is 5. The fourth-order valence-electron chi connectivity index (χ4n) is 1.78. The van der Waals surface area contributed by atoms with E-state index in [2.05, 4.69) is 5.32 Å². The summed E-state index contributed by atoms with van der Waals surface area (Å²) in [6, 6.07) is 8.60. The van der Waals surface area contributed by atoms with Gasteiger partial charge in [0.25, 0.3) is 0 Å². The number of benzene rings is 2. The minimum atomic E-state index is -0.505. The molecule has 0 aliphatic heterocycles. The Hall–Kier alpha value is -1.65. The quantitative estimate of drug-likeness (QED) is 0.903. The molecule has 0 spiro atoms. The molecule has 0 unspecified atom stereocenters. The van der Waals surface area contributed by atoms with Crippen LogP contribution in [0.2, 0.25) is 5.02 Å². The van der Waals surface area contributed by atoms with Crippen molar-refractivity contribution in [2.24, 2.45) is 0 Å². The summed E-state index contributed by atoms with van der Waals surface area (Å²) in [5.74, 6) is -0.565. The second kappa shape index (κ2) is 6.68. The Bertz CT molecular complexity index is 604. The molecule has 5 heteroatoms. The number of halogens is 3. The monoisotopic (exact) mass is 297 g/mol. The van der Waals surface area contributed by atoms with Gasteiger partial charge in [0.15, 0.2) is 0 Å². The first-order chi connectivity index (χ1) is 9.60. The van der Waals surface area contributed by atoms with E-state index in [9.17, 15) is 8.78 Å². The Morgan fingerprint density at radius 2 is 1.95 bits per heavy atom. The standard InChI is InChI=1S/C15H14ClF2NO/c1-19-8-10-2-5-15(13(16)6-10)20-9-11-7-12(17)3-4-14(11)18/h2-7,19H,8-9H2,1H3. The van der Waals surface area contributed by atoms with Gasteiger partial charge in [0, 0.05) is 12.1 Å². The third-order valence-electron chi connectivity index (χ3n) is 2.77. The fraction of sp³-hybridized carbons (Fsp3) is 0.200. The summed E-state index contributed by atoms with van der Waals surface area (Å²) in [7, 11) is 1.84. The Morgan fingerprint density at radius 3 is 2.65 bits per heavy atom. The van der Waals surface area contributed by atoms with Crippen molar-refractivity contribution < 1.29 is 13.5 Å². The molecular weight excluding hydrogens is 284 g/mol. The second-order valence-corrected chi connectivity index (χ2v) is 4.73. The zero-order valence-electron chi connectivity index (χ0n) is 10.9. The molecule has 0 atom stereocenters. The van der Waals surface area contributed by atoms with Crippen LogP contribution in [0.25, 0.3) is 0 Å². The van der Waals surface area contributed by atoms with Gasteiger partial charge in [-0.1, -0.05) is 17.7 Å². The molecular formula is C15H14ClF2NO. The predicted octanol–water partition coefficient (Wildman–Crippen LogP) is 3.92. The summed E-state index contributed by atoms with van der Waals surface area (Å²) in [4.78, 5) is 0. The van der Waals surface area contributed by atoms with Crippen LogP contribution in [0.1, 0.15) is 11.1 Å². The first-order valence-electron chi connectivity index (χ1n) is 6.10. The third kappa shape index (κ3) is 3.68. The van der Waals surface area contributed by atoms with Crippen LogP contribution in [0.4, 0.5) is 8.78 Å². The molecule has 2 aromatic rings. The van der Waals surface area contributed by atoms with E-state index in [4.69, 9.17) is 16.3 Å². The second-order valence-electron chi connectivity index (χ2n) is 4.32. The number of nitrogens with one attached hydrogen (secondary N) is 1. The minimum Gasteiger partial charge on any atom is -0.487 e. The van der Waals surface area contributed by atoms with Crippen molar-refractivity contribution in [1.29, 1.82) is 0 Å². The average molecular weight is 298 g/mol. The van der Waals surface area contributed by atoms with Crippen LogP contribution in [0.3, 0.4) is 0 Å². The van der Waals surface area contributed by atoms with E-state index in [0.717, 1.165) is 23.8 Å². The Balaban J connectivity index is 2.09.